The van der Waals surface area contributed by atoms with Gasteiger partial charge in [0.1, 0.15) is 5.82 Å². The van der Waals surface area contributed by atoms with Crippen molar-refractivity contribution in [1.29, 1.82) is 0 Å². The van der Waals surface area contributed by atoms with Crippen molar-refractivity contribution in [3.63, 3.8) is 0 Å². The van der Waals surface area contributed by atoms with E-state index in [0.717, 1.165) is 11.3 Å². The average Bonchev–Trinajstić information content (AvgIpc) is 3.11. The van der Waals surface area contributed by atoms with E-state index in [4.69, 9.17) is 23.2 Å². The minimum absolute atomic E-state index is 0.0392. The number of aromatic nitrogens is 2. The summed E-state index contributed by atoms with van der Waals surface area (Å²) < 4.78 is 0.594. The third kappa shape index (κ3) is 4.18. The summed E-state index contributed by atoms with van der Waals surface area (Å²) in [5.41, 5.74) is 1.33. The Labute approximate surface area is 183 Å². The molecule has 2 N–H and O–H groups in total. The first-order chi connectivity index (χ1) is 14.4. The largest absolute Gasteiger partial charge is 0.338 e. The first kappa shape index (κ1) is 20.0. The molecule has 0 aliphatic heterocycles. The number of halogens is 2. The molecule has 2 aromatic heterocycles. The molecule has 4 aromatic rings. The van der Waals surface area contributed by atoms with Crippen LogP contribution < -0.4 is 10.6 Å². The molecule has 0 unspecified atom stereocenters. The van der Waals surface area contributed by atoms with Gasteiger partial charge in [0, 0.05) is 23.4 Å². The standard InChI is InChI=1S/C19H11Cl2N5O3S/c20-10-3-5-14(13(21)8-10)23-17-12(2-1-7-22-17)18(27)25-19-24-15-6-4-11(26(28)29)9-16(15)30-19/h1-9H,(H,22,23)(H,24,25,27). The van der Waals surface area contributed by atoms with Crippen molar-refractivity contribution >= 4 is 73.0 Å². The second-order valence-electron chi connectivity index (χ2n) is 6.03. The minimum Gasteiger partial charge on any atom is -0.338 e. The molecule has 0 saturated carbocycles. The highest BCUT2D eigenvalue weighted by atomic mass is 35.5. The number of hydrogen-bond donors (Lipinski definition) is 2. The number of pyridine rings is 1. The van der Waals surface area contributed by atoms with Crippen LogP contribution in [0.1, 0.15) is 10.4 Å². The average molecular weight is 460 g/mol. The van der Waals surface area contributed by atoms with E-state index in [1.807, 2.05) is 0 Å². The maximum Gasteiger partial charge on any atom is 0.270 e. The fourth-order valence-electron chi connectivity index (χ4n) is 2.65. The second kappa shape index (κ2) is 8.23. The topological polar surface area (TPSA) is 110 Å². The summed E-state index contributed by atoms with van der Waals surface area (Å²) >= 11 is 13.2. The summed E-state index contributed by atoms with van der Waals surface area (Å²) in [6, 6.07) is 12.5. The van der Waals surface area contributed by atoms with Crippen molar-refractivity contribution in [2.75, 3.05) is 10.6 Å². The highest BCUT2D eigenvalue weighted by Gasteiger charge is 2.17. The van der Waals surface area contributed by atoms with Crippen LogP contribution in [0.15, 0.2) is 54.7 Å². The van der Waals surface area contributed by atoms with E-state index in [9.17, 15) is 14.9 Å². The number of non-ortho nitro benzene ring substituents is 1. The van der Waals surface area contributed by atoms with E-state index in [-0.39, 0.29) is 11.3 Å². The molecule has 0 fully saturated rings. The summed E-state index contributed by atoms with van der Waals surface area (Å²) in [5, 5.41) is 17.9. The lowest BCUT2D eigenvalue weighted by Gasteiger charge is -2.11. The van der Waals surface area contributed by atoms with Crippen molar-refractivity contribution in [1.82, 2.24) is 9.97 Å². The maximum absolute atomic E-state index is 12.8. The number of carbonyl (C=O) groups is 1. The van der Waals surface area contributed by atoms with Crippen LogP contribution in [0.2, 0.25) is 10.0 Å². The van der Waals surface area contributed by atoms with Gasteiger partial charge in [-0.3, -0.25) is 20.2 Å². The van der Waals surface area contributed by atoms with E-state index < -0.39 is 10.8 Å². The number of nitrogens with zero attached hydrogens (tertiary/aromatic N) is 3. The van der Waals surface area contributed by atoms with E-state index in [1.165, 1.54) is 12.1 Å². The summed E-state index contributed by atoms with van der Waals surface area (Å²) in [7, 11) is 0. The van der Waals surface area contributed by atoms with Crippen molar-refractivity contribution in [3.8, 4) is 0 Å². The molecule has 0 spiro atoms. The molecule has 150 valence electrons. The molecule has 11 heteroatoms. The predicted octanol–water partition coefficient (Wildman–Crippen LogP) is 5.90. The zero-order valence-electron chi connectivity index (χ0n) is 14.9. The Morgan fingerprint density at radius 2 is 1.97 bits per heavy atom. The lowest BCUT2D eigenvalue weighted by atomic mass is 10.2. The monoisotopic (exact) mass is 459 g/mol. The van der Waals surface area contributed by atoms with Gasteiger partial charge in [-0.05, 0) is 36.4 Å². The van der Waals surface area contributed by atoms with Crippen LogP contribution in [0, 0.1) is 10.1 Å². The maximum atomic E-state index is 12.8. The highest BCUT2D eigenvalue weighted by Crippen LogP contribution is 2.31. The molecule has 1 amide bonds. The Hall–Kier alpha value is -3.27. The molecule has 4 rings (SSSR count). The smallest absolute Gasteiger partial charge is 0.270 e. The number of fused-ring (bicyclic) bond motifs is 1. The Morgan fingerprint density at radius 1 is 1.13 bits per heavy atom. The number of rotatable bonds is 5. The Kier molecular flexibility index (Phi) is 5.49. The number of hydrogen-bond acceptors (Lipinski definition) is 7. The van der Waals surface area contributed by atoms with Gasteiger partial charge in [-0.2, -0.15) is 0 Å². The summed E-state index contributed by atoms with van der Waals surface area (Å²) in [6.07, 6.45) is 1.54. The first-order valence-corrected chi connectivity index (χ1v) is 10.0. The summed E-state index contributed by atoms with van der Waals surface area (Å²) in [6.45, 7) is 0. The lowest BCUT2D eigenvalue weighted by Crippen LogP contribution is -2.14. The Balaban J connectivity index is 1.59. The molecule has 0 bridgehead atoms. The van der Waals surface area contributed by atoms with E-state index in [1.54, 1.807) is 42.6 Å². The van der Waals surface area contributed by atoms with E-state index in [0.29, 0.717) is 36.9 Å². The molecule has 2 aromatic carbocycles. The van der Waals surface area contributed by atoms with Gasteiger partial charge in [-0.15, -0.1) is 0 Å². The van der Waals surface area contributed by atoms with Crippen LogP contribution in [0.5, 0.6) is 0 Å². The van der Waals surface area contributed by atoms with Crippen LogP contribution in [-0.4, -0.2) is 20.8 Å². The Bertz CT molecular complexity index is 1290. The van der Waals surface area contributed by atoms with Crippen LogP contribution in [0.3, 0.4) is 0 Å². The zero-order valence-corrected chi connectivity index (χ0v) is 17.3. The zero-order chi connectivity index (χ0) is 21.3. The summed E-state index contributed by atoms with van der Waals surface area (Å²) in [4.78, 5) is 31.8. The molecule has 8 nitrogen and oxygen atoms in total. The van der Waals surface area contributed by atoms with E-state index in [2.05, 4.69) is 20.6 Å². The molecule has 2 heterocycles. The molecular formula is C19H11Cl2N5O3S. The number of anilines is 3. The van der Waals surface area contributed by atoms with Gasteiger partial charge in [0.25, 0.3) is 11.6 Å². The van der Waals surface area contributed by atoms with Gasteiger partial charge >= 0.3 is 0 Å². The first-order valence-electron chi connectivity index (χ1n) is 8.44. The van der Waals surface area contributed by atoms with Gasteiger partial charge < -0.3 is 5.32 Å². The SMILES string of the molecule is O=C(Nc1nc2ccc([N+](=O)[O-])cc2s1)c1cccnc1Nc1ccc(Cl)cc1Cl. The van der Waals surface area contributed by atoms with Gasteiger partial charge in [0.2, 0.25) is 0 Å². The van der Waals surface area contributed by atoms with Crippen LogP contribution in [0.4, 0.5) is 22.3 Å². The molecule has 0 aliphatic rings. The van der Waals surface area contributed by atoms with Gasteiger partial charge in [0.05, 0.1) is 31.4 Å². The number of amides is 1. The minimum atomic E-state index is -0.479. The third-order valence-corrected chi connectivity index (χ3v) is 5.52. The van der Waals surface area contributed by atoms with E-state index >= 15 is 0 Å². The molecular weight excluding hydrogens is 449 g/mol. The molecule has 0 radical (unpaired) electrons. The molecule has 0 aliphatic carbocycles. The number of nitrogens with one attached hydrogen (secondary N) is 2. The van der Waals surface area contributed by atoms with Crippen molar-refractivity contribution < 1.29 is 9.72 Å². The van der Waals surface area contributed by atoms with Crippen molar-refractivity contribution in [2.24, 2.45) is 0 Å². The van der Waals surface area contributed by atoms with Crippen molar-refractivity contribution in [3.05, 3.63) is 80.5 Å². The molecule has 30 heavy (non-hydrogen) atoms. The lowest BCUT2D eigenvalue weighted by molar-refractivity contribution is -0.384. The second-order valence-corrected chi connectivity index (χ2v) is 7.91. The Morgan fingerprint density at radius 3 is 2.73 bits per heavy atom. The van der Waals surface area contributed by atoms with Gasteiger partial charge in [0.15, 0.2) is 5.13 Å². The fraction of sp³-hybridized carbons (Fsp3) is 0. The number of thiazole rings is 1. The van der Waals surface area contributed by atoms with Gasteiger partial charge in [-0.1, -0.05) is 34.5 Å². The number of nitro benzene ring substituents is 1. The number of benzene rings is 2. The third-order valence-electron chi connectivity index (χ3n) is 4.04. The van der Waals surface area contributed by atoms with Crippen LogP contribution in [0.25, 0.3) is 10.2 Å². The molecule has 0 saturated heterocycles. The fourth-order valence-corrected chi connectivity index (χ4v) is 4.00. The highest BCUT2D eigenvalue weighted by molar-refractivity contribution is 7.22. The quantitative estimate of drug-likeness (QED) is 0.283. The number of carbonyl (C=O) groups excluding carboxylic acids is 1. The van der Waals surface area contributed by atoms with Crippen molar-refractivity contribution in [2.45, 2.75) is 0 Å². The van der Waals surface area contributed by atoms with Crippen LogP contribution >= 0.6 is 34.5 Å². The number of nitro groups is 1. The normalized spacial score (nSPS) is 10.7. The predicted molar refractivity (Wildman–Crippen MR) is 118 cm³/mol. The van der Waals surface area contributed by atoms with Gasteiger partial charge in [-0.25, -0.2) is 9.97 Å². The molecule has 0 atom stereocenters. The summed E-state index contributed by atoms with van der Waals surface area (Å²) in [5.74, 6) is -0.139. The van der Waals surface area contributed by atoms with Crippen LogP contribution in [-0.2, 0) is 0 Å².